The molecule has 2 aromatic carbocycles. The summed E-state index contributed by atoms with van der Waals surface area (Å²) in [6, 6.07) is 12.6. The minimum atomic E-state index is 0.555. The monoisotopic (exact) mass is 298 g/mol. The highest BCUT2D eigenvalue weighted by Crippen LogP contribution is 2.22. The number of nitrogens with one attached hydrogen (secondary N) is 1. The van der Waals surface area contributed by atoms with Gasteiger partial charge < -0.3 is 0 Å². The molecule has 92 valence electrons. The molecule has 2 nitrogen and oxygen atoms in total. The Kier molecular flexibility index (Phi) is 4.48. The molecule has 0 spiro atoms. The largest absolute Gasteiger partial charge is 0.278 e. The third-order valence-corrected chi connectivity index (χ3v) is 3.11. The summed E-state index contributed by atoms with van der Waals surface area (Å²) in [6.45, 7) is 0. The Morgan fingerprint density at radius 1 is 0.944 bits per heavy atom. The maximum absolute atomic E-state index is 6.01. The lowest BCUT2D eigenvalue weighted by Crippen LogP contribution is -1.91. The molecule has 5 heteroatoms. The van der Waals surface area contributed by atoms with Crippen molar-refractivity contribution in [1.29, 1.82) is 0 Å². The molecule has 0 aliphatic carbocycles. The lowest BCUT2D eigenvalue weighted by molar-refractivity contribution is 1.35. The topological polar surface area (TPSA) is 24.4 Å². The second-order valence-electron chi connectivity index (χ2n) is 3.52. The summed E-state index contributed by atoms with van der Waals surface area (Å²) in [5.74, 6) is 0. The molecule has 0 atom stereocenters. The van der Waals surface area contributed by atoms with Gasteiger partial charge in [0.15, 0.2) is 0 Å². The molecule has 0 unspecified atom stereocenters. The molecule has 2 rings (SSSR count). The first-order chi connectivity index (χ1) is 8.66. The van der Waals surface area contributed by atoms with E-state index in [1.54, 1.807) is 36.5 Å². The van der Waals surface area contributed by atoms with Crippen LogP contribution in [0.4, 0.5) is 5.69 Å². The van der Waals surface area contributed by atoms with Gasteiger partial charge in [0.2, 0.25) is 0 Å². The van der Waals surface area contributed by atoms with Gasteiger partial charge in [-0.1, -0.05) is 46.9 Å². The van der Waals surface area contributed by atoms with Crippen LogP contribution in [0, 0.1) is 0 Å². The third kappa shape index (κ3) is 3.39. The highest BCUT2D eigenvalue weighted by molar-refractivity contribution is 6.38. The number of halogens is 3. The summed E-state index contributed by atoms with van der Waals surface area (Å²) < 4.78 is 0. The number of anilines is 1. The Labute approximate surface area is 120 Å². The second kappa shape index (κ2) is 6.10. The summed E-state index contributed by atoms with van der Waals surface area (Å²) in [5, 5.41) is 5.83. The molecular weight excluding hydrogens is 291 g/mol. The Bertz CT molecular complexity index is 562. The Morgan fingerprint density at radius 3 is 2.28 bits per heavy atom. The number of hydrogen-bond acceptors (Lipinski definition) is 2. The summed E-state index contributed by atoms with van der Waals surface area (Å²) in [4.78, 5) is 0. The van der Waals surface area contributed by atoms with Crippen LogP contribution >= 0.6 is 34.8 Å². The van der Waals surface area contributed by atoms with Gasteiger partial charge in [0.05, 0.1) is 21.9 Å². The summed E-state index contributed by atoms with van der Waals surface area (Å²) in [7, 11) is 0. The van der Waals surface area contributed by atoms with Gasteiger partial charge in [-0.3, -0.25) is 5.43 Å². The van der Waals surface area contributed by atoms with E-state index in [-0.39, 0.29) is 0 Å². The van der Waals surface area contributed by atoms with Crippen molar-refractivity contribution >= 4 is 46.7 Å². The Balaban J connectivity index is 2.12. The fraction of sp³-hybridized carbons (Fsp3) is 0. The van der Waals surface area contributed by atoms with Crippen molar-refractivity contribution in [2.45, 2.75) is 0 Å². The maximum Gasteiger partial charge on any atom is 0.0576 e. The molecule has 0 bridgehead atoms. The molecular formula is C13H9Cl3N2. The van der Waals surface area contributed by atoms with Gasteiger partial charge in [-0.15, -0.1) is 0 Å². The minimum absolute atomic E-state index is 0.555. The van der Waals surface area contributed by atoms with Gasteiger partial charge in [0.25, 0.3) is 0 Å². The molecule has 0 saturated heterocycles. The van der Waals surface area contributed by atoms with Crippen molar-refractivity contribution in [2.24, 2.45) is 5.10 Å². The SMILES string of the molecule is Clc1cccc(N/N=C/c2c(Cl)cccc2Cl)c1. The van der Waals surface area contributed by atoms with Crippen molar-refractivity contribution in [1.82, 2.24) is 0 Å². The zero-order valence-electron chi connectivity index (χ0n) is 9.20. The standard InChI is InChI=1S/C13H9Cl3N2/c14-9-3-1-4-10(7-9)18-17-8-11-12(15)5-2-6-13(11)16/h1-8,18H/b17-8+. The van der Waals surface area contributed by atoms with Gasteiger partial charge in [0, 0.05) is 10.6 Å². The molecule has 0 aliphatic rings. The van der Waals surface area contributed by atoms with E-state index in [1.165, 1.54) is 0 Å². The first-order valence-corrected chi connectivity index (χ1v) is 6.29. The normalized spacial score (nSPS) is 10.8. The first-order valence-electron chi connectivity index (χ1n) is 5.15. The Morgan fingerprint density at radius 2 is 1.61 bits per heavy atom. The van der Waals surface area contributed by atoms with Gasteiger partial charge in [-0.25, -0.2) is 0 Å². The van der Waals surface area contributed by atoms with Crippen molar-refractivity contribution in [3.8, 4) is 0 Å². The highest BCUT2D eigenvalue weighted by atomic mass is 35.5. The summed E-state index contributed by atoms with van der Waals surface area (Å²) >= 11 is 17.9. The van der Waals surface area contributed by atoms with Gasteiger partial charge in [-0.05, 0) is 30.3 Å². The van der Waals surface area contributed by atoms with Crippen molar-refractivity contribution in [3.05, 3.63) is 63.1 Å². The van der Waals surface area contributed by atoms with E-state index in [9.17, 15) is 0 Å². The van der Waals surface area contributed by atoms with Crippen LogP contribution in [0.5, 0.6) is 0 Å². The smallest absolute Gasteiger partial charge is 0.0576 e. The fourth-order valence-corrected chi connectivity index (χ4v) is 2.05. The summed E-state index contributed by atoms with van der Waals surface area (Å²) in [5.41, 5.74) is 4.33. The van der Waals surface area contributed by atoms with Gasteiger partial charge >= 0.3 is 0 Å². The van der Waals surface area contributed by atoms with E-state index in [1.807, 2.05) is 12.1 Å². The zero-order valence-corrected chi connectivity index (χ0v) is 11.5. The Hall–Kier alpha value is -1.22. The van der Waals surface area contributed by atoms with Crippen LogP contribution in [0.1, 0.15) is 5.56 Å². The molecule has 0 aromatic heterocycles. The molecule has 0 fully saturated rings. The van der Waals surface area contributed by atoms with E-state index in [4.69, 9.17) is 34.8 Å². The molecule has 0 aliphatic heterocycles. The van der Waals surface area contributed by atoms with Crippen LogP contribution in [-0.2, 0) is 0 Å². The molecule has 0 heterocycles. The molecule has 1 N–H and O–H groups in total. The number of hydrazone groups is 1. The average Bonchev–Trinajstić information content (AvgIpc) is 2.33. The quantitative estimate of drug-likeness (QED) is 0.619. The molecule has 2 aromatic rings. The van der Waals surface area contributed by atoms with E-state index >= 15 is 0 Å². The van der Waals surface area contributed by atoms with E-state index < -0.39 is 0 Å². The number of nitrogens with zero attached hydrogens (tertiary/aromatic N) is 1. The second-order valence-corrected chi connectivity index (χ2v) is 4.77. The van der Waals surface area contributed by atoms with Gasteiger partial charge in [-0.2, -0.15) is 5.10 Å². The predicted octanol–water partition coefficient (Wildman–Crippen LogP) is 5.09. The maximum atomic E-state index is 6.01. The van der Waals surface area contributed by atoms with Crippen molar-refractivity contribution in [2.75, 3.05) is 5.43 Å². The van der Waals surface area contributed by atoms with E-state index in [0.29, 0.717) is 20.6 Å². The van der Waals surface area contributed by atoms with Gasteiger partial charge in [0.1, 0.15) is 0 Å². The average molecular weight is 300 g/mol. The summed E-state index contributed by atoms with van der Waals surface area (Å²) in [6.07, 6.45) is 1.57. The van der Waals surface area contributed by atoms with Crippen molar-refractivity contribution < 1.29 is 0 Å². The highest BCUT2D eigenvalue weighted by Gasteiger charge is 2.01. The van der Waals surface area contributed by atoms with E-state index in [0.717, 1.165) is 5.69 Å². The number of rotatable bonds is 3. The minimum Gasteiger partial charge on any atom is -0.278 e. The molecule has 0 radical (unpaired) electrons. The fourth-order valence-electron chi connectivity index (χ4n) is 1.36. The number of benzene rings is 2. The van der Waals surface area contributed by atoms with Crippen LogP contribution in [0.3, 0.4) is 0 Å². The van der Waals surface area contributed by atoms with Crippen LogP contribution < -0.4 is 5.43 Å². The lowest BCUT2D eigenvalue weighted by Gasteiger charge is -2.02. The first kappa shape index (κ1) is 13.2. The number of hydrogen-bond donors (Lipinski definition) is 1. The molecule has 18 heavy (non-hydrogen) atoms. The van der Waals surface area contributed by atoms with Crippen LogP contribution in [0.15, 0.2) is 47.6 Å². The lowest BCUT2D eigenvalue weighted by atomic mass is 10.2. The van der Waals surface area contributed by atoms with Crippen LogP contribution in [0.2, 0.25) is 15.1 Å². The molecule has 0 saturated carbocycles. The van der Waals surface area contributed by atoms with Crippen LogP contribution in [-0.4, -0.2) is 6.21 Å². The predicted molar refractivity (Wildman–Crippen MR) is 79.1 cm³/mol. The molecule has 0 amide bonds. The van der Waals surface area contributed by atoms with E-state index in [2.05, 4.69) is 10.5 Å². The zero-order chi connectivity index (χ0) is 13.0. The van der Waals surface area contributed by atoms with Crippen molar-refractivity contribution in [3.63, 3.8) is 0 Å². The van der Waals surface area contributed by atoms with Crippen LogP contribution in [0.25, 0.3) is 0 Å². The third-order valence-electron chi connectivity index (χ3n) is 2.21.